The molecule has 0 aromatic carbocycles. The fraction of sp³-hybridized carbons (Fsp3) is 0.273. The first kappa shape index (κ1) is 10.5. The Bertz CT molecular complexity index is 424. The van der Waals surface area contributed by atoms with E-state index in [4.69, 9.17) is 5.73 Å². The summed E-state index contributed by atoms with van der Waals surface area (Å²) < 4.78 is 0. The van der Waals surface area contributed by atoms with Gasteiger partial charge < -0.3 is 11.1 Å². The number of hydrogen-bond donors (Lipinski definition) is 3. The topological polar surface area (TPSA) is 75.3 Å². The number of pyridine rings is 1. The van der Waals surface area contributed by atoms with Gasteiger partial charge in [0.15, 0.2) is 0 Å². The summed E-state index contributed by atoms with van der Waals surface area (Å²) in [5, 5.41) is 7.54. The molecule has 1 aromatic heterocycles. The van der Waals surface area contributed by atoms with Crippen LogP contribution < -0.4 is 16.5 Å². The van der Waals surface area contributed by atoms with Crippen molar-refractivity contribution in [2.45, 2.75) is 12.8 Å². The monoisotopic (exact) mass is 217 g/mol. The summed E-state index contributed by atoms with van der Waals surface area (Å²) in [6.45, 7) is 4.47. The smallest absolute Gasteiger partial charge is 0.109 e. The van der Waals surface area contributed by atoms with Gasteiger partial charge in [-0.15, -0.1) is 0 Å². The predicted octanol–water partition coefficient (Wildman–Crippen LogP) is 1.01. The van der Waals surface area contributed by atoms with Gasteiger partial charge in [0.25, 0.3) is 0 Å². The summed E-state index contributed by atoms with van der Waals surface area (Å²) >= 11 is 0. The van der Waals surface area contributed by atoms with Crippen molar-refractivity contribution in [2.75, 3.05) is 11.9 Å². The number of rotatable bonds is 2. The summed E-state index contributed by atoms with van der Waals surface area (Å²) in [7, 11) is 0. The number of nitrogens with zero attached hydrogens (tertiary/aromatic N) is 2. The molecule has 0 saturated heterocycles. The van der Waals surface area contributed by atoms with Gasteiger partial charge in [-0.3, -0.25) is 10.4 Å². The molecule has 2 rings (SSSR count). The van der Waals surface area contributed by atoms with Crippen LogP contribution in [0.2, 0.25) is 0 Å². The molecule has 5 nitrogen and oxygen atoms in total. The van der Waals surface area contributed by atoms with Crippen LogP contribution in [0, 0.1) is 0 Å². The molecule has 5 heteroatoms. The highest BCUT2D eigenvalue weighted by molar-refractivity contribution is 6.03. The fourth-order valence-corrected chi connectivity index (χ4v) is 1.62. The summed E-state index contributed by atoms with van der Waals surface area (Å²) in [5.74, 6) is 0.335. The molecule has 1 aliphatic rings. The minimum Gasteiger partial charge on any atom is -0.385 e. The highest BCUT2D eigenvalue weighted by Gasteiger charge is 2.14. The van der Waals surface area contributed by atoms with Crippen LogP contribution in [0.5, 0.6) is 0 Å². The average Bonchev–Trinajstić information content (AvgIpc) is 2.48. The van der Waals surface area contributed by atoms with Crippen molar-refractivity contribution in [2.24, 2.45) is 10.8 Å². The third-order valence-electron chi connectivity index (χ3n) is 2.32. The second kappa shape index (κ2) is 4.65. The largest absolute Gasteiger partial charge is 0.385 e. The number of aromatic nitrogens is 1. The number of fused-ring (bicyclic) bond motifs is 1. The SMILES string of the molecule is C=C(N)N/N=C1/CCCNc2cccnc21. The van der Waals surface area contributed by atoms with E-state index >= 15 is 0 Å². The van der Waals surface area contributed by atoms with E-state index in [1.54, 1.807) is 6.20 Å². The zero-order chi connectivity index (χ0) is 11.4. The van der Waals surface area contributed by atoms with Crippen molar-refractivity contribution >= 4 is 11.4 Å². The fourth-order valence-electron chi connectivity index (χ4n) is 1.62. The Morgan fingerprint density at radius 2 is 2.50 bits per heavy atom. The summed E-state index contributed by atoms with van der Waals surface area (Å²) in [4.78, 5) is 4.33. The van der Waals surface area contributed by atoms with Crippen molar-refractivity contribution in [1.29, 1.82) is 0 Å². The number of hydrazone groups is 1. The van der Waals surface area contributed by atoms with Gasteiger partial charge in [0.1, 0.15) is 11.5 Å². The van der Waals surface area contributed by atoms with E-state index in [-0.39, 0.29) is 0 Å². The van der Waals surface area contributed by atoms with Gasteiger partial charge >= 0.3 is 0 Å². The highest BCUT2D eigenvalue weighted by atomic mass is 15.3. The maximum Gasteiger partial charge on any atom is 0.109 e. The molecule has 2 heterocycles. The van der Waals surface area contributed by atoms with Crippen LogP contribution >= 0.6 is 0 Å². The highest BCUT2D eigenvalue weighted by Crippen LogP contribution is 2.18. The number of anilines is 1. The van der Waals surface area contributed by atoms with Crippen LogP contribution in [-0.4, -0.2) is 17.2 Å². The average molecular weight is 217 g/mol. The van der Waals surface area contributed by atoms with Crippen molar-refractivity contribution in [3.05, 3.63) is 36.4 Å². The molecule has 0 atom stereocenters. The third kappa shape index (κ3) is 2.31. The number of nitrogens with one attached hydrogen (secondary N) is 2. The normalized spacial score (nSPS) is 17.1. The Morgan fingerprint density at radius 3 is 3.31 bits per heavy atom. The second-order valence-electron chi connectivity index (χ2n) is 3.63. The first-order chi connectivity index (χ1) is 7.77. The van der Waals surface area contributed by atoms with Gasteiger partial charge in [-0.05, 0) is 25.0 Å². The standard InChI is InChI=1S/C11H15N5/c1-8(12)15-16-10-5-3-6-13-9-4-2-7-14-11(9)10/h2,4,7,13,15H,1,3,5-6,12H2/b16-10-. The van der Waals surface area contributed by atoms with E-state index in [0.717, 1.165) is 36.5 Å². The zero-order valence-corrected chi connectivity index (χ0v) is 9.03. The van der Waals surface area contributed by atoms with Crippen molar-refractivity contribution in [3.8, 4) is 0 Å². The molecule has 84 valence electrons. The first-order valence-corrected chi connectivity index (χ1v) is 5.23. The summed E-state index contributed by atoms with van der Waals surface area (Å²) in [6.07, 6.45) is 3.66. The molecule has 0 aliphatic carbocycles. The van der Waals surface area contributed by atoms with E-state index in [1.807, 2.05) is 12.1 Å². The first-order valence-electron chi connectivity index (χ1n) is 5.23. The molecule has 0 unspecified atom stereocenters. The van der Waals surface area contributed by atoms with Crippen LogP contribution in [0.15, 0.2) is 35.8 Å². The van der Waals surface area contributed by atoms with Crippen molar-refractivity contribution in [1.82, 2.24) is 10.4 Å². The lowest BCUT2D eigenvalue weighted by Crippen LogP contribution is -2.16. The predicted molar refractivity (Wildman–Crippen MR) is 65.0 cm³/mol. The molecule has 0 saturated carbocycles. The number of hydrogen-bond acceptors (Lipinski definition) is 5. The molecule has 1 aromatic rings. The lowest BCUT2D eigenvalue weighted by Gasteiger charge is -2.07. The molecule has 0 spiro atoms. The van der Waals surface area contributed by atoms with Crippen LogP contribution in [0.1, 0.15) is 18.5 Å². The number of nitrogens with two attached hydrogens (primary N) is 1. The van der Waals surface area contributed by atoms with Crippen molar-refractivity contribution < 1.29 is 0 Å². The van der Waals surface area contributed by atoms with Gasteiger partial charge in [0.2, 0.25) is 0 Å². The van der Waals surface area contributed by atoms with E-state index in [9.17, 15) is 0 Å². The lowest BCUT2D eigenvalue weighted by molar-refractivity contribution is 0.852. The molecular weight excluding hydrogens is 202 g/mol. The molecule has 0 bridgehead atoms. The van der Waals surface area contributed by atoms with Crippen molar-refractivity contribution in [3.63, 3.8) is 0 Å². The molecule has 4 N–H and O–H groups in total. The Hall–Kier alpha value is -2.04. The van der Waals surface area contributed by atoms with Crippen LogP contribution in [0.3, 0.4) is 0 Å². The Kier molecular flexibility index (Phi) is 3.05. The maximum absolute atomic E-state index is 5.42. The van der Waals surface area contributed by atoms with E-state index in [1.165, 1.54) is 0 Å². The van der Waals surface area contributed by atoms with E-state index in [2.05, 4.69) is 27.4 Å². The molecule has 0 fully saturated rings. The van der Waals surface area contributed by atoms with Gasteiger partial charge in [0.05, 0.1) is 11.4 Å². The summed E-state index contributed by atoms with van der Waals surface area (Å²) in [6, 6.07) is 3.91. The maximum atomic E-state index is 5.42. The Labute approximate surface area is 94.5 Å². The van der Waals surface area contributed by atoms with Crippen LogP contribution in [-0.2, 0) is 0 Å². The van der Waals surface area contributed by atoms with Gasteiger partial charge in [-0.25, -0.2) is 0 Å². The van der Waals surface area contributed by atoms with Gasteiger partial charge in [-0.2, -0.15) is 5.10 Å². The Balaban J connectivity index is 2.32. The molecule has 1 aliphatic heterocycles. The Morgan fingerprint density at radius 1 is 1.62 bits per heavy atom. The second-order valence-corrected chi connectivity index (χ2v) is 3.63. The molecule has 0 amide bonds. The summed E-state index contributed by atoms with van der Waals surface area (Å²) in [5.41, 5.74) is 10.9. The van der Waals surface area contributed by atoms with Crippen LogP contribution in [0.25, 0.3) is 0 Å². The van der Waals surface area contributed by atoms with E-state index < -0.39 is 0 Å². The molecule has 0 radical (unpaired) electrons. The quantitative estimate of drug-likeness (QED) is 0.646. The lowest BCUT2D eigenvalue weighted by atomic mass is 10.1. The zero-order valence-electron chi connectivity index (χ0n) is 9.03. The molecule has 16 heavy (non-hydrogen) atoms. The third-order valence-corrected chi connectivity index (χ3v) is 2.32. The minimum absolute atomic E-state index is 0.335. The van der Waals surface area contributed by atoms with Gasteiger partial charge in [0, 0.05) is 12.7 Å². The minimum atomic E-state index is 0.335. The van der Waals surface area contributed by atoms with Crippen LogP contribution in [0.4, 0.5) is 5.69 Å². The van der Waals surface area contributed by atoms with E-state index in [0.29, 0.717) is 5.82 Å². The molecular formula is C11H15N5. The van der Waals surface area contributed by atoms with Gasteiger partial charge in [-0.1, -0.05) is 6.58 Å².